The van der Waals surface area contributed by atoms with Gasteiger partial charge in [-0.15, -0.1) is 17.0 Å². The molecule has 2 amide bonds. The van der Waals surface area contributed by atoms with Crippen LogP contribution < -0.4 is 5.32 Å². The minimum Gasteiger partial charge on any atom is -0.322 e. The molecule has 0 bridgehead atoms. The van der Waals surface area contributed by atoms with Gasteiger partial charge in [0, 0.05) is 24.9 Å². The zero-order chi connectivity index (χ0) is 23.8. The van der Waals surface area contributed by atoms with Gasteiger partial charge >= 0.3 is 0 Å². The quantitative estimate of drug-likeness (QED) is 0.367. The Morgan fingerprint density at radius 1 is 0.914 bits per heavy atom. The van der Waals surface area contributed by atoms with E-state index in [1.165, 1.54) is 47.7 Å². The maximum atomic E-state index is 13.1. The number of nitrogens with zero attached hydrogens (tertiary/aromatic N) is 2. The van der Waals surface area contributed by atoms with E-state index in [4.69, 9.17) is 0 Å². The van der Waals surface area contributed by atoms with Gasteiger partial charge in [-0.25, -0.2) is 4.39 Å². The molecule has 0 spiro atoms. The molecule has 0 aliphatic carbocycles. The summed E-state index contributed by atoms with van der Waals surface area (Å²) in [7, 11) is 0. The van der Waals surface area contributed by atoms with Crippen molar-refractivity contribution in [3.05, 3.63) is 113 Å². The number of amidine groups is 1. The molecular formula is C27H25BrFN3O2S. The van der Waals surface area contributed by atoms with Crippen LogP contribution in [-0.2, 0) is 22.4 Å². The first-order valence-corrected chi connectivity index (χ1v) is 11.8. The second-order valence-corrected chi connectivity index (χ2v) is 8.71. The highest BCUT2D eigenvalue weighted by atomic mass is 79.9. The van der Waals surface area contributed by atoms with E-state index < -0.39 is 5.91 Å². The second-order valence-electron chi connectivity index (χ2n) is 7.70. The molecule has 1 fully saturated rings. The van der Waals surface area contributed by atoms with Gasteiger partial charge in [-0.2, -0.15) is 0 Å². The van der Waals surface area contributed by atoms with Crippen LogP contribution in [0.15, 0.2) is 101 Å². The SMILES string of the molecule is Br.O=C(/C=C1/SC(=NCCc2ccccc2)N(CCc2ccccc2)C1=O)Nc1ccc(F)cc1. The molecule has 8 heteroatoms. The number of nitrogens with one attached hydrogen (secondary N) is 1. The van der Waals surface area contributed by atoms with Gasteiger partial charge in [0.05, 0.1) is 4.91 Å². The maximum absolute atomic E-state index is 13.1. The molecule has 3 aromatic carbocycles. The Hall–Kier alpha value is -3.23. The molecule has 1 heterocycles. The van der Waals surface area contributed by atoms with Crippen molar-refractivity contribution >= 4 is 51.4 Å². The molecular weight excluding hydrogens is 529 g/mol. The fourth-order valence-electron chi connectivity index (χ4n) is 3.46. The number of rotatable bonds is 8. The number of aliphatic imine (C=N–C) groups is 1. The number of anilines is 1. The lowest BCUT2D eigenvalue weighted by Crippen LogP contribution is -2.31. The molecule has 0 radical (unpaired) electrons. The molecule has 180 valence electrons. The number of thioether (sulfide) groups is 1. The number of halogens is 2. The summed E-state index contributed by atoms with van der Waals surface area (Å²) in [4.78, 5) is 32.2. The van der Waals surface area contributed by atoms with Gasteiger partial charge in [0.2, 0.25) is 5.91 Å². The average molecular weight is 554 g/mol. The van der Waals surface area contributed by atoms with Gasteiger partial charge in [0.25, 0.3) is 5.91 Å². The number of benzene rings is 3. The van der Waals surface area contributed by atoms with E-state index in [9.17, 15) is 14.0 Å². The summed E-state index contributed by atoms with van der Waals surface area (Å²) in [5.74, 6) is -1.08. The van der Waals surface area contributed by atoms with Crippen molar-refractivity contribution in [2.45, 2.75) is 12.8 Å². The van der Waals surface area contributed by atoms with Crippen molar-refractivity contribution in [2.24, 2.45) is 4.99 Å². The number of hydrogen-bond acceptors (Lipinski definition) is 4. The van der Waals surface area contributed by atoms with Crippen molar-refractivity contribution in [3.8, 4) is 0 Å². The van der Waals surface area contributed by atoms with Crippen LogP contribution >= 0.6 is 28.7 Å². The monoisotopic (exact) mass is 553 g/mol. The third-order valence-electron chi connectivity index (χ3n) is 5.22. The molecule has 4 rings (SSSR count). The molecule has 1 saturated heterocycles. The zero-order valence-corrected chi connectivity index (χ0v) is 21.4. The largest absolute Gasteiger partial charge is 0.322 e. The fraction of sp³-hybridized carbons (Fsp3) is 0.148. The fourth-order valence-corrected chi connectivity index (χ4v) is 4.46. The van der Waals surface area contributed by atoms with E-state index in [2.05, 4.69) is 10.3 Å². The summed E-state index contributed by atoms with van der Waals surface area (Å²) in [5.41, 5.74) is 2.75. The number of carbonyl (C=O) groups excluding carboxylic acids is 2. The average Bonchev–Trinajstić information content (AvgIpc) is 3.14. The summed E-state index contributed by atoms with van der Waals surface area (Å²) in [6.45, 7) is 1.01. The minimum absolute atomic E-state index is 0. The molecule has 0 atom stereocenters. The first-order valence-electron chi connectivity index (χ1n) is 11.0. The lowest BCUT2D eigenvalue weighted by molar-refractivity contribution is -0.122. The van der Waals surface area contributed by atoms with Crippen molar-refractivity contribution in [1.29, 1.82) is 0 Å². The highest BCUT2D eigenvalue weighted by molar-refractivity contribution is 8.93. The van der Waals surface area contributed by atoms with Crippen LogP contribution in [0.1, 0.15) is 11.1 Å². The van der Waals surface area contributed by atoms with Crippen molar-refractivity contribution < 1.29 is 14.0 Å². The Morgan fingerprint density at radius 3 is 2.14 bits per heavy atom. The van der Waals surface area contributed by atoms with E-state index in [1.807, 2.05) is 60.7 Å². The van der Waals surface area contributed by atoms with Crippen LogP contribution in [0.3, 0.4) is 0 Å². The van der Waals surface area contributed by atoms with Gasteiger partial charge in [-0.3, -0.25) is 19.5 Å². The van der Waals surface area contributed by atoms with Gasteiger partial charge in [0.15, 0.2) is 5.17 Å². The number of hydrogen-bond donors (Lipinski definition) is 1. The van der Waals surface area contributed by atoms with Crippen LogP contribution in [0, 0.1) is 5.82 Å². The van der Waals surface area contributed by atoms with Crippen molar-refractivity contribution in [2.75, 3.05) is 18.4 Å². The zero-order valence-electron chi connectivity index (χ0n) is 18.9. The van der Waals surface area contributed by atoms with Crippen LogP contribution in [0.25, 0.3) is 0 Å². The molecule has 1 aliphatic rings. The second kappa shape index (κ2) is 13.0. The van der Waals surface area contributed by atoms with E-state index in [0.29, 0.717) is 35.3 Å². The van der Waals surface area contributed by atoms with E-state index in [-0.39, 0.29) is 28.7 Å². The summed E-state index contributed by atoms with van der Waals surface area (Å²) in [6, 6.07) is 25.4. The standard InChI is InChI=1S/C27H24FN3O2S.BrH/c28-22-11-13-23(14-12-22)30-25(32)19-24-26(33)31(18-16-21-9-5-2-6-10-21)27(34-24)29-17-15-20-7-3-1-4-8-20;/h1-14,19H,15-18H2,(H,30,32);1H/b24-19+,29-27?;. The molecule has 3 aromatic rings. The summed E-state index contributed by atoms with van der Waals surface area (Å²) >= 11 is 1.21. The first kappa shape index (κ1) is 26.4. The minimum atomic E-state index is -0.448. The van der Waals surface area contributed by atoms with E-state index >= 15 is 0 Å². The summed E-state index contributed by atoms with van der Waals surface area (Å²) in [6.07, 6.45) is 2.72. The Balaban J connectivity index is 0.00000342. The Kier molecular flexibility index (Phi) is 9.81. The Labute approximate surface area is 218 Å². The van der Waals surface area contributed by atoms with Crippen LogP contribution in [0.4, 0.5) is 10.1 Å². The third-order valence-corrected chi connectivity index (χ3v) is 6.26. The Bertz CT molecular complexity index is 1200. The normalized spacial score (nSPS) is 15.3. The highest BCUT2D eigenvalue weighted by Crippen LogP contribution is 2.31. The van der Waals surface area contributed by atoms with Crippen molar-refractivity contribution in [1.82, 2.24) is 4.90 Å². The Morgan fingerprint density at radius 2 is 1.51 bits per heavy atom. The smallest absolute Gasteiger partial charge is 0.266 e. The summed E-state index contributed by atoms with van der Waals surface area (Å²) < 4.78 is 13.1. The van der Waals surface area contributed by atoms with E-state index in [0.717, 1.165) is 12.0 Å². The van der Waals surface area contributed by atoms with Crippen LogP contribution in [0.5, 0.6) is 0 Å². The molecule has 1 N–H and O–H groups in total. The summed E-state index contributed by atoms with van der Waals surface area (Å²) in [5, 5.41) is 3.26. The van der Waals surface area contributed by atoms with Crippen LogP contribution in [-0.4, -0.2) is 35.0 Å². The predicted molar refractivity (Wildman–Crippen MR) is 145 cm³/mol. The van der Waals surface area contributed by atoms with Crippen molar-refractivity contribution in [3.63, 3.8) is 0 Å². The van der Waals surface area contributed by atoms with Gasteiger partial charge in [-0.05, 0) is 60.0 Å². The van der Waals surface area contributed by atoms with Gasteiger partial charge in [-0.1, -0.05) is 60.7 Å². The van der Waals surface area contributed by atoms with Gasteiger partial charge < -0.3 is 5.32 Å². The first-order chi connectivity index (χ1) is 16.6. The maximum Gasteiger partial charge on any atom is 0.266 e. The predicted octanol–water partition coefficient (Wildman–Crippen LogP) is 5.64. The van der Waals surface area contributed by atoms with Crippen LogP contribution in [0.2, 0.25) is 0 Å². The van der Waals surface area contributed by atoms with Gasteiger partial charge in [0.1, 0.15) is 5.82 Å². The lowest BCUT2D eigenvalue weighted by atomic mass is 10.1. The third kappa shape index (κ3) is 7.63. The molecule has 35 heavy (non-hydrogen) atoms. The lowest BCUT2D eigenvalue weighted by Gasteiger charge is -2.15. The molecule has 0 unspecified atom stereocenters. The number of carbonyl (C=O) groups is 2. The molecule has 1 aliphatic heterocycles. The highest BCUT2D eigenvalue weighted by Gasteiger charge is 2.33. The topological polar surface area (TPSA) is 61.8 Å². The van der Waals surface area contributed by atoms with E-state index in [1.54, 1.807) is 4.90 Å². The molecule has 0 saturated carbocycles. The molecule has 5 nitrogen and oxygen atoms in total. The number of amides is 2. The molecule has 0 aromatic heterocycles.